The first-order valence-corrected chi connectivity index (χ1v) is 8.86. The fourth-order valence-electron chi connectivity index (χ4n) is 3.18. The molecule has 3 rings (SSSR count). The van der Waals surface area contributed by atoms with Crippen molar-refractivity contribution in [2.24, 2.45) is 5.41 Å². The van der Waals surface area contributed by atoms with Crippen molar-refractivity contribution in [2.75, 3.05) is 19.7 Å². The van der Waals surface area contributed by atoms with E-state index in [1.165, 1.54) is 4.68 Å². The Hall–Kier alpha value is -2.05. The van der Waals surface area contributed by atoms with Crippen molar-refractivity contribution >= 4 is 5.91 Å². The van der Waals surface area contributed by atoms with Gasteiger partial charge < -0.3 is 10.4 Å². The maximum absolute atomic E-state index is 12.7. The van der Waals surface area contributed by atoms with Crippen LogP contribution in [0.4, 0.5) is 0 Å². The van der Waals surface area contributed by atoms with Crippen molar-refractivity contribution in [3.05, 3.63) is 47.5 Å². The predicted molar refractivity (Wildman–Crippen MR) is 95.6 cm³/mol. The van der Waals surface area contributed by atoms with Gasteiger partial charge in [-0.3, -0.25) is 9.78 Å². The Labute approximate surface area is 148 Å². The van der Waals surface area contributed by atoms with Crippen LogP contribution in [0.1, 0.15) is 54.4 Å². The van der Waals surface area contributed by atoms with E-state index in [2.05, 4.69) is 15.4 Å². The Bertz CT molecular complexity index is 718. The molecule has 6 heteroatoms. The number of carbonyl (C=O) groups excluding carboxylic acids is 1. The Kier molecular flexibility index (Phi) is 5.30. The van der Waals surface area contributed by atoms with Crippen molar-refractivity contribution in [3.8, 4) is 0 Å². The SMILES string of the molecule is CC(C)(CO)C(=O)n1cc(Cc2ccccn2)c(C2CCNCC2)n1. The quantitative estimate of drug-likeness (QED) is 0.869. The molecule has 0 aliphatic carbocycles. The van der Waals surface area contributed by atoms with Gasteiger partial charge in [0.05, 0.1) is 17.7 Å². The summed E-state index contributed by atoms with van der Waals surface area (Å²) in [6.07, 6.45) is 6.30. The van der Waals surface area contributed by atoms with Gasteiger partial charge >= 0.3 is 0 Å². The molecule has 0 radical (unpaired) electrons. The predicted octanol–water partition coefficient (Wildman–Crippen LogP) is 1.99. The number of aromatic nitrogens is 3. The highest BCUT2D eigenvalue weighted by atomic mass is 16.3. The molecule has 2 N–H and O–H groups in total. The highest BCUT2D eigenvalue weighted by Gasteiger charge is 2.31. The zero-order valence-corrected chi connectivity index (χ0v) is 14.9. The second kappa shape index (κ2) is 7.45. The van der Waals surface area contributed by atoms with Gasteiger partial charge in [-0.05, 0) is 51.9 Å². The van der Waals surface area contributed by atoms with Gasteiger partial charge in [0, 0.05) is 36.0 Å². The van der Waals surface area contributed by atoms with Gasteiger partial charge in [0.1, 0.15) is 0 Å². The van der Waals surface area contributed by atoms with E-state index in [4.69, 9.17) is 0 Å². The monoisotopic (exact) mass is 342 g/mol. The number of nitrogens with zero attached hydrogens (tertiary/aromatic N) is 3. The maximum Gasteiger partial charge on any atom is 0.254 e. The van der Waals surface area contributed by atoms with Gasteiger partial charge in [0.2, 0.25) is 0 Å². The van der Waals surface area contributed by atoms with Crippen LogP contribution in [-0.4, -0.2) is 45.5 Å². The number of nitrogens with one attached hydrogen (secondary N) is 1. The fraction of sp³-hybridized carbons (Fsp3) is 0.526. The number of carbonyl (C=O) groups is 1. The second-order valence-electron chi connectivity index (χ2n) is 7.35. The maximum atomic E-state index is 12.7. The summed E-state index contributed by atoms with van der Waals surface area (Å²) in [5, 5.41) is 17.5. The Morgan fingerprint density at radius 3 is 2.76 bits per heavy atom. The van der Waals surface area contributed by atoms with Crippen LogP contribution in [0.2, 0.25) is 0 Å². The Morgan fingerprint density at radius 1 is 1.36 bits per heavy atom. The van der Waals surface area contributed by atoms with E-state index in [1.807, 2.05) is 24.4 Å². The van der Waals surface area contributed by atoms with Crippen LogP contribution < -0.4 is 5.32 Å². The van der Waals surface area contributed by atoms with Gasteiger partial charge in [-0.15, -0.1) is 0 Å². The summed E-state index contributed by atoms with van der Waals surface area (Å²) in [7, 11) is 0. The molecule has 6 nitrogen and oxygen atoms in total. The molecule has 134 valence electrons. The Morgan fingerprint density at radius 2 is 2.12 bits per heavy atom. The molecule has 3 heterocycles. The molecule has 25 heavy (non-hydrogen) atoms. The third-order valence-electron chi connectivity index (χ3n) is 4.83. The highest BCUT2D eigenvalue weighted by molar-refractivity contribution is 5.83. The second-order valence-corrected chi connectivity index (χ2v) is 7.35. The van der Waals surface area contributed by atoms with E-state index >= 15 is 0 Å². The van der Waals surface area contributed by atoms with E-state index in [1.54, 1.807) is 20.0 Å². The third kappa shape index (κ3) is 3.96. The zero-order valence-electron chi connectivity index (χ0n) is 14.9. The average Bonchev–Trinajstić information content (AvgIpc) is 3.06. The lowest BCUT2D eigenvalue weighted by Crippen LogP contribution is -2.33. The van der Waals surface area contributed by atoms with E-state index < -0.39 is 5.41 Å². The topological polar surface area (TPSA) is 80.0 Å². The molecule has 2 aromatic heterocycles. The first kappa shape index (κ1) is 17.8. The van der Waals surface area contributed by atoms with Crippen LogP contribution in [0.15, 0.2) is 30.6 Å². The summed E-state index contributed by atoms with van der Waals surface area (Å²) in [4.78, 5) is 17.1. The fourth-order valence-corrected chi connectivity index (χ4v) is 3.18. The number of aliphatic hydroxyl groups is 1. The number of rotatable bonds is 5. The van der Waals surface area contributed by atoms with Crippen molar-refractivity contribution in [1.82, 2.24) is 20.1 Å². The number of pyridine rings is 1. The smallest absolute Gasteiger partial charge is 0.254 e. The first-order chi connectivity index (χ1) is 12.0. The minimum Gasteiger partial charge on any atom is -0.395 e. The van der Waals surface area contributed by atoms with Crippen LogP contribution in [0.25, 0.3) is 0 Å². The minimum atomic E-state index is -0.848. The molecule has 1 aliphatic rings. The lowest BCUT2D eigenvalue weighted by atomic mass is 9.91. The van der Waals surface area contributed by atoms with Crippen LogP contribution >= 0.6 is 0 Å². The standard InChI is InChI=1S/C19H26N4O2/c1-19(2,13-24)18(25)23-12-15(11-16-5-3-4-8-21-16)17(22-23)14-6-9-20-10-7-14/h3-5,8,12,14,20,24H,6-7,9-11,13H2,1-2H3. The highest BCUT2D eigenvalue weighted by Crippen LogP contribution is 2.29. The summed E-state index contributed by atoms with van der Waals surface area (Å²) >= 11 is 0. The molecule has 2 aromatic rings. The molecule has 1 aliphatic heterocycles. The summed E-state index contributed by atoms with van der Waals surface area (Å²) < 4.78 is 1.42. The molecule has 0 unspecified atom stereocenters. The zero-order chi connectivity index (χ0) is 17.9. The molecule has 0 bridgehead atoms. The summed E-state index contributed by atoms with van der Waals surface area (Å²) in [5.41, 5.74) is 2.16. The van der Waals surface area contributed by atoms with Crippen LogP contribution in [0, 0.1) is 5.41 Å². The molecule has 0 aromatic carbocycles. The van der Waals surface area contributed by atoms with Gasteiger partial charge in [0.15, 0.2) is 0 Å². The van der Waals surface area contributed by atoms with Crippen molar-refractivity contribution < 1.29 is 9.90 Å². The summed E-state index contributed by atoms with van der Waals surface area (Å²) in [6.45, 7) is 5.20. The van der Waals surface area contributed by atoms with E-state index in [9.17, 15) is 9.90 Å². The van der Waals surface area contributed by atoms with Gasteiger partial charge in [0.25, 0.3) is 5.91 Å². The molecular formula is C19H26N4O2. The van der Waals surface area contributed by atoms with Crippen molar-refractivity contribution in [3.63, 3.8) is 0 Å². The Balaban J connectivity index is 1.94. The van der Waals surface area contributed by atoms with Gasteiger partial charge in [-0.25, -0.2) is 4.68 Å². The van der Waals surface area contributed by atoms with Crippen LogP contribution in [0.5, 0.6) is 0 Å². The summed E-state index contributed by atoms with van der Waals surface area (Å²) in [6, 6.07) is 5.86. The lowest BCUT2D eigenvalue weighted by Gasteiger charge is -2.22. The minimum absolute atomic E-state index is 0.183. The summed E-state index contributed by atoms with van der Waals surface area (Å²) in [5.74, 6) is 0.170. The molecule has 0 atom stereocenters. The molecule has 0 amide bonds. The lowest BCUT2D eigenvalue weighted by molar-refractivity contribution is 0.0612. The molecule has 0 saturated carbocycles. The van der Waals surface area contributed by atoms with Gasteiger partial charge in [-0.1, -0.05) is 6.07 Å². The molecular weight excluding hydrogens is 316 g/mol. The van der Waals surface area contributed by atoms with Crippen molar-refractivity contribution in [2.45, 2.75) is 39.0 Å². The molecule has 1 saturated heterocycles. The van der Waals surface area contributed by atoms with E-state index in [-0.39, 0.29) is 12.5 Å². The average molecular weight is 342 g/mol. The van der Waals surface area contributed by atoms with Crippen molar-refractivity contribution in [1.29, 1.82) is 0 Å². The first-order valence-electron chi connectivity index (χ1n) is 8.86. The third-order valence-corrected chi connectivity index (χ3v) is 4.83. The largest absolute Gasteiger partial charge is 0.395 e. The van der Waals surface area contributed by atoms with Crippen LogP contribution in [-0.2, 0) is 6.42 Å². The normalized spacial score (nSPS) is 16.1. The van der Waals surface area contributed by atoms with E-state index in [0.29, 0.717) is 12.3 Å². The molecule has 1 fully saturated rings. The molecule has 0 spiro atoms. The number of hydrogen-bond donors (Lipinski definition) is 2. The number of piperidine rings is 1. The number of aliphatic hydroxyl groups excluding tert-OH is 1. The van der Waals surface area contributed by atoms with E-state index in [0.717, 1.165) is 42.9 Å². The van der Waals surface area contributed by atoms with Gasteiger partial charge in [-0.2, -0.15) is 5.10 Å². The van der Waals surface area contributed by atoms with Crippen LogP contribution in [0.3, 0.4) is 0 Å². The number of hydrogen-bond acceptors (Lipinski definition) is 5.